The molecule has 22 heavy (non-hydrogen) atoms. The highest BCUT2D eigenvalue weighted by Gasteiger charge is 2.35. The van der Waals surface area contributed by atoms with Gasteiger partial charge in [-0.25, -0.2) is 0 Å². The zero-order valence-corrected chi connectivity index (χ0v) is 13.4. The van der Waals surface area contributed by atoms with Crippen LogP contribution < -0.4 is 0 Å². The first kappa shape index (κ1) is 15.2. The molecule has 1 unspecified atom stereocenters. The molecule has 1 aromatic rings. The Morgan fingerprint density at radius 1 is 1.50 bits per heavy atom. The average molecular weight is 320 g/mol. The third kappa shape index (κ3) is 3.55. The van der Waals surface area contributed by atoms with Crippen molar-refractivity contribution in [2.75, 3.05) is 18.7 Å². The first-order chi connectivity index (χ1) is 10.6. The summed E-state index contributed by atoms with van der Waals surface area (Å²) in [5.74, 6) is 2.46. The third-order valence-electron chi connectivity index (χ3n) is 3.93. The molecule has 2 fully saturated rings. The molecule has 1 saturated carbocycles. The number of hydrogen-bond acceptors (Lipinski definition) is 4. The van der Waals surface area contributed by atoms with Crippen LogP contribution in [0.2, 0.25) is 0 Å². The van der Waals surface area contributed by atoms with Crippen LogP contribution in [0.15, 0.2) is 35.0 Å². The molecule has 1 saturated heterocycles. The van der Waals surface area contributed by atoms with E-state index in [1.54, 1.807) is 47.0 Å². The monoisotopic (exact) mass is 320 g/mol. The largest absolute Gasteiger partial charge is 0.467 e. The minimum atomic E-state index is -0.374. The number of likely N-dealkylation sites (N-methyl/N-ethyl adjacent to an activating group) is 1. The molecule has 1 atom stereocenters. The van der Waals surface area contributed by atoms with Gasteiger partial charge in [0, 0.05) is 12.8 Å². The average Bonchev–Trinajstić information content (AvgIpc) is 3.00. The van der Waals surface area contributed by atoms with Crippen LogP contribution in [-0.4, -0.2) is 46.3 Å². The smallest absolute Gasteiger partial charge is 0.247 e. The lowest BCUT2D eigenvalue weighted by atomic mass is 10.2. The summed E-state index contributed by atoms with van der Waals surface area (Å²) in [5.41, 5.74) is 0. The van der Waals surface area contributed by atoms with E-state index in [0.29, 0.717) is 24.1 Å². The standard InChI is InChI=1S/C16H20N2O3S/c1-17(9-13-3-2-8-21-13)16(20)14-10-22-11-18(14)15(19)7-6-12-4-5-12/h2-3,6-8,12,14H,4-5,9-11H2,1H3. The molecule has 5 nitrogen and oxygen atoms in total. The van der Waals surface area contributed by atoms with Gasteiger partial charge in [0.1, 0.15) is 11.8 Å². The lowest BCUT2D eigenvalue weighted by Crippen LogP contribution is -2.47. The molecule has 1 aliphatic heterocycles. The summed E-state index contributed by atoms with van der Waals surface area (Å²) >= 11 is 1.62. The molecule has 0 aromatic carbocycles. The van der Waals surface area contributed by atoms with E-state index in [4.69, 9.17) is 4.42 Å². The van der Waals surface area contributed by atoms with Crippen LogP contribution in [0.3, 0.4) is 0 Å². The molecule has 2 aliphatic rings. The first-order valence-electron chi connectivity index (χ1n) is 7.49. The van der Waals surface area contributed by atoms with Crippen LogP contribution in [-0.2, 0) is 16.1 Å². The minimum absolute atomic E-state index is 0.0328. The summed E-state index contributed by atoms with van der Waals surface area (Å²) in [4.78, 5) is 28.2. The van der Waals surface area contributed by atoms with Gasteiger partial charge < -0.3 is 14.2 Å². The number of nitrogens with zero attached hydrogens (tertiary/aromatic N) is 2. The summed E-state index contributed by atoms with van der Waals surface area (Å²) in [5, 5.41) is 0. The van der Waals surface area contributed by atoms with Gasteiger partial charge in [-0.05, 0) is 37.0 Å². The lowest BCUT2D eigenvalue weighted by molar-refractivity contribution is -0.140. The molecular formula is C16H20N2O3S. The Morgan fingerprint density at radius 2 is 2.32 bits per heavy atom. The number of carbonyl (C=O) groups is 2. The SMILES string of the molecule is CN(Cc1ccco1)C(=O)C1CSCN1C(=O)C=CC1CC1. The Morgan fingerprint density at radius 3 is 3.00 bits per heavy atom. The van der Waals surface area contributed by atoms with Gasteiger partial charge in [0.25, 0.3) is 0 Å². The Hall–Kier alpha value is -1.69. The van der Waals surface area contributed by atoms with Crippen molar-refractivity contribution in [1.29, 1.82) is 0 Å². The van der Waals surface area contributed by atoms with Crippen molar-refractivity contribution in [2.45, 2.75) is 25.4 Å². The van der Waals surface area contributed by atoms with E-state index in [1.165, 1.54) is 12.8 Å². The van der Waals surface area contributed by atoms with Crippen LogP contribution in [0, 0.1) is 5.92 Å². The molecule has 1 aromatic heterocycles. The first-order valence-corrected chi connectivity index (χ1v) is 8.64. The van der Waals surface area contributed by atoms with Gasteiger partial charge in [-0.3, -0.25) is 9.59 Å². The van der Waals surface area contributed by atoms with Crippen molar-refractivity contribution in [1.82, 2.24) is 9.80 Å². The summed E-state index contributed by atoms with van der Waals surface area (Å²) in [6.07, 6.45) is 7.55. The predicted molar refractivity (Wildman–Crippen MR) is 85.0 cm³/mol. The number of hydrogen-bond donors (Lipinski definition) is 0. The highest BCUT2D eigenvalue weighted by atomic mass is 32.2. The molecule has 118 valence electrons. The zero-order chi connectivity index (χ0) is 15.5. The van der Waals surface area contributed by atoms with Crippen LogP contribution in [0.5, 0.6) is 0 Å². The zero-order valence-electron chi connectivity index (χ0n) is 12.6. The number of allylic oxidation sites excluding steroid dienone is 1. The third-order valence-corrected chi connectivity index (χ3v) is 4.94. The van der Waals surface area contributed by atoms with Crippen molar-refractivity contribution in [3.63, 3.8) is 0 Å². The van der Waals surface area contributed by atoms with Crippen LogP contribution >= 0.6 is 11.8 Å². The van der Waals surface area contributed by atoms with E-state index in [1.807, 2.05) is 12.1 Å². The van der Waals surface area contributed by atoms with Gasteiger partial charge in [-0.2, -0.15) is 0 Å². The Labute approximate surface area is 134 Å². The number of rotatable bonds is 5. The van der Waals surface area contributed by atoms with E-state index in [-0.39, 0.29) is 17.9 Å². The minimum Gasteiger partial charge on any atom is -0.467 e. The van der Waals surface area contributed by atoms with Gasteiger partial charge in [0.15, 0.2) is 0 Å². The number of amides is 2. The molecule has 0 bridgehead atoms. The summed E-state index contributed by atoms with van der Waals surface area (Å²) in [6, 6.07) is 3.27. The van der Waals surface area contributed by atoms with Crippen molar-refractivity contribution in [2.24, 2.45) is 5.92 Å². The maximum Gasteiger partial charge on any atom is 0.247 e. The van der Waals surface area contributed by atoms with Gasteiger partial charge in [-0.1, -0.05) is 6.08 Å². The highest BCUT2D eigenvalue weighted by Crippen LogP contribution is 2.30. The van der Waals surface area contributed by atoms with Gasteiger partial charge in [0.2, 0.25) is 11.8 Å². The molecular weight excluding hydrogens is 300 g/mol. The highest BCUT2D eigenvalue weighted by molar-refractivity contribution is 7.99. The van der Waals surface area contributed by atoms with E-state index in [0.717, 1.165) is 5.76 Å². The lowest BCUT2D eigenvalue weighted by Gasteiger charge is -2.26. The second-order valence-corrected chi connectivity index (χ2v) is 6.79. The molecule has 2 heterocycles. The van der Waals surface area contributed by atoms with E-state index in [9.17, 15) is 9.59 Å². The normalized spacial score (nSPS) is 21.5. The van der Waals surface area contributed by atoms with Crippen LogP contribution in [0.25, 0.3) is 0 Å². The second kappa shape index (κ2) is 6.60. The predicted octanol–water partition coefficient (Wildman–Crippen LogP) is 2.11. The van der Waals surface area contributed by atoms with Gasteiger partial charge in [0.05, 0.1) is 18.7 Å². The van der Waals surface area contributed by atoms with Crippen molar-refractivity contribution < 1.29 is 14.0 Å². The van der Waals surface area contributed by atoms with Gasteiger partial charge in [-0.15, -0.1) is 11.8 Å². The number of thioether (sulfide) groups is 1. The molecule has 3 rings (SSSR count). The van der Waals surface area contributed by atoms with E-state index in [2.05, 4.69) is 0 Å². The van der Waals surface area contributed by atoms with Crippen molar-refractivity contribution >= 4 is 23.6 Å². The molecule has 1 aliphatic carbocycles. The fraction of sp³-hybridized carbons (Fsp3) is 0.500. The second-order valence-electron chi connectivity index (χ2n) is 5.79. The molecule has 6 heteroatoms. The quantitative estimate of drug-likeness (QED) is 0.780. The van der Waals surface area contributed by atoms with Gasteiger partial charge >= 0.3 is 0 Å². The molecule has 0 radical (unpaired) electrons. The van der Waals surface area contributed by atoms with Crippen molar-refractivity contribution in [3.05, 3.63) is 36.3 Å². The number of carbonyl (C=O) groups excluding carboxylic acids is 2. The molecule has 2 amide bonds. The Balaban J connectivity index is 1.61. The topological polar surface area (TPSA) is 53.8 Å². The van der Waals surface area contributed by atoms with Crippen LogP contribution in [0.1, 0.15) is 18.6 Å². The Bertz CT molecular complexity index is 566. The van der Waals surface area contributed by atoms with E-state index >= 15 is 0 Å². The fourth-order valence-corrected chi connectivity index (χ4v) is 3.59. The Kier molecular flexibility index (Phi) is 4.57. The van der Waals surface area contributed by atoms with E-state index < -0.39 is 0 Å². The summed E-state index contributed by atoms with van der Waals surface area (Å²) in [6.45, 7) is 0.424. The number of furan rings is 1. The fourth-order valence-electron chi connectivity index (χ4n) is 2.44. The summed E-state index contributed by atoms with van der Waals surface area (Å²) < 4.78 is 5.27. The maximum absolute atomic E-state index is 12.6. The molecule has 0 spiro atoms. The van der Waals surface area contributed by atoms with Crippen LogP contribution in [0.4, 0.5) is 0 Å². The molecule has 0 N–H and O–H groups in total. The maximum atomic E-state index is 12.6. The van der Waals surface area contributed by atoms with Crippen molar-refractivity contribution in [3.8, 4) is 0 Å². The summed E-state index contributed by atoms with van der Waals surface area (Å²) in [7, 11) is 1.75.